The van der Waals surface area contributed by atoms with Crippen molar-refractivity contribution in [3.63, 3.8) is 0 Å². The highest BCUT2D eigenvalue weighted by molar-refractivity contribution is 6.11. The molecule has 0 fully saturated rings. The molecule has 6 heteroatoms. The van der Waals surface area contributed by atoms with Crippen LogP contribution < -0.4 is 15.4 Å². The van der Waals surface area contributed by atoms with Crippen molar-refractivity contribution in [1.82, 2.24) is 0 Å². The second-order valence-electron chi connectivity index (χ2n) is 8.39. The summed E-state index contributed by atoms with van der Waals surface area (Å²) in [4.78, 5) is 26.2. The quantitative estimate of drug-likeness (QED) is 0.551. The van der Waals surface area contributed by atoms with Crippen LogP contribution in [0, 0.1) is 11.8 Å². The van der Waals surface area contributed by atoms with Crippen LogP contribution in [0.15, 0.2) is 59.8 Å². The van der Waals surface area contributed by atoms with Gasteiger partial charge in [-0.05, 0) is 44.4 Å². The molecule has 2 aromatic rings. The molecule has 2 N–H and O–H groups in total. The summed E-state index contributed by atoms with van der Waals surface area (Å²) < 4.78 is 11.0. The van der Waals surface area contributed by atoms with Gasteiger partial charge in [0.25, 0.3) is 0 Å². The van der Waals surface area contributed by atoms with Crippen LogP contribution >= 0.6 is 0 Å². The molecule has 1 aliphatic heterocycles. The van der Waals surface area contributed by atoms with Gasteiger partial charge >= 0.3 is 5.97 Å². The molecule has 0 spiro atoms. The summed E-state index contributed by atoms with van der Waals surface area (Å²) in [6.45, 7) is 5.86. The van der Waals surface area contributed by atoms with Crippen LogP contribution in [-0.2, 0) is 14.3 Å². The molecule has 4 rings (SSSR count). The minimum Gasteiger partial charge on any atom is -0.491 e. The molecule has 0 bridgehead atoms. The third kappa shape index (κ3) is 3.90. The van der Waals surface area contributed by atoms with E-state index >= 15 is 0 Å². The van der Waals surface area contributed by atoms with Crippen LogP contribution in [0.2, 0.25) is 0 Å². The summed E-state index contributed by atoms with van der Waals surface area (Å²) in [5.74, 6) is -0.982. The van der Waals surface area contributed by atoms with E-state index in [1.165, 1.54) is 7.11 Å². The molecule has 3 atom stereocenters. The Labute approximate surface area is 182 Å². The predicted molar refractivity (Wildman–Crippen MR) is 120 cm³/mol. The summed E-state index contributed by atoms with van der Waals surface area (Å²) in [5.41, 5.74) is 4.03. The number of hydrogen-bond acceptors (Lipinski definition) is 6. The average molecular weight is 421 g/mol. The summed E-state index contributed by atoms with van der Waals surface area (Å²) in [5, 5.41) is 7.00. The van der Waals surface area contributed by atoms with E-state index in [9.17, 15) is 9.59 Å². The number of methoxy groups -OCH3 is 1. The molecule has 6 nitrogen and oxygen atoms in total. The Balaban J connectivity index is 1.89. The smallest absolute Gasteiger partial charge is 0.316 e. The third-order valence-corrected chi connectivity index (χ3v) is 5.82. The van der Waals surface area contributed by atoms with E-state index in [-0.39, 0.29) is 17.8 Å². The fraction of sp³-hybridized carbons (Fsp3) is 0.360. The standard InChI is InChI=1S/C25H28N2O4/c1-14(2)31-20-12-8-5-9-16(20)23-22-19(26-17-10-6-7-11-18(17)27-23)13-15(3)21(24(22)28)25(29)30-4/h5-12,14-15,21,23,26-27H,13H2,1-4H3/t15-,21+,23-/m0/s1. The highest BCUT2D eigenvalue weighted by Crippen LogP contribution is 2.45. The van der Waals surface area contributed by atoms with Crippen molar-refractivity contribution in [3.05, 3.63) is 65.4 Å². The van der Waals surface area contributed by atoms with E-state index < -0.39 is 17.9 Å². The zero-order valence-corrected chi connectivity index (χ0v) is 18.3. The fourth-order valence-corrected chi connectivity index (χ4v) is 4.45. The third-order valence-electron chi connectivity index (χ3n) is 5.82. The van der Waals surface area contributed by atoms with Crippen molar-refractivity contribution < 1.29 is 19.1 Å². The van der Waals surface area contributed by atoms with Crippen LogP contribution in [0.5, 0.6) is 5.75 Å². The Morgan fingerprint density at radius 1 is 1.06 bits per heavy atom. The normalized spacial score (nSPS) is 22.6. The number of hydrogen-bond donors (Lipinski definition) is 2. The lowest BCUT2D eigenvalue weighted by molar-refractivity contribution is -0.151. The molecular formula is C25H28N2O4. The van der Waals surface area contributed by atoms with Crippen LogP contribution in [0.25, 0.3) is 0 Å². The number of para-hydroxylation sites is 3. The van der Waals surface area contributed by atoms with Crippen molar-refractivity contribution in [1.29, 1.82) is 0 Å². The summed E-state index contributed by atoms with van der Waals surface area (Å²) in [7, 11) is 1.33. The predicted octanol–water partition coefficient (Wildman–Crippen LogP) is 4.70. The maximum Gasteiger partial charge on any atom is 0.316 e. The molecule has 162 valence electrons. The minimum atomic E-state index is -0.825. The maximum absolute atomic E-state index is 13.7. The zero-order chi connectivity index (χ0) is 22.1. The van der Waals surface area contributed by atoms with E-state index in [0.29, 0.717) is 17.7 Å². The first-order valence-electron chi connectivity index (χ1n) is 10.6. The first kappa shape index (κ1) is 21.0. The highest BCUT2D eigenvalue weighted by atomic mass is 16.5. The Kier molecular flexibility index (Phi) is 5.72. The molecular weight excluding hydrogens is 392 g/mol. The molecule has 2 aliphatic rings. The van der Waals surface area contributed by atoms with Gasteiger partial charge in [-0.1, -0.05) is 37.3 Å². The second-order valence-corrected chi connectivity index (χ2v) is 8.39. The van der Waals surface area contributed by atoms with Crippen LogP contribution in [0.3, 0.4) is 0 Å². The lowest BCUT2D eigenvalue weighted by atomic mass is 9.74. The molecule has 2 aromatic carbocycles. The molecule has 0 radical (unpaired) electrons. The van der Waals surface area contributed by atoms with Gasteiger partial charge in [0, 0.05) is 16.8 Å². The SMILES string of the molecule is COC(=O)[C@H]1C(=O)C2=C(C[C@@H]1C)Nc1ccccc1N[C@H]2c1ccccc1OC(C)C. The van der Waals surface area contributed by atoms with Crippen LogP contribution in [0.4, 0.5) is 11.4 Å². The van der Waals surface area contributed by atoms with E-state index in [1.54, 1.807) is 0 Å². The van der Waals surface area contributed by atoms with E-state index in [0.717, 1.165) is 22.6 Å². The average Bonchev–Trinajstić information content (AvgIpc) is 2.90. The van der Waals surface area contributed by atoms with Gasteiger partial charge < -0.3 is 20.1 Å². The largest absolute Gasteiger partial charge is 0.491 e. The Morgan fingerprint density at radius 2 is 1.74 bits per heavy atom. The molecule has 0 saturated carbocycles. The van der Waals surface area contributed by atoms with E-state index in [2.05, 4.69) is 10.6 Å². The molecule has 31 heavy (non-hydrogen) atoms. The number of Topliss-reactive ketones (excluding diaryl/α,β-unsaturated/α-hetero) is 1. The number of allylic oxidation sites excluding steroid dienone is 1. The van der Waals surface area contributed by atoms with Crippen molar-refractivity contribution in [2.45, 2.75) is 39.3 Å². The second kappa shape index (κ2) is 8.46. The Morgan fingerprint density at radius 3 is 2.45 bits per heavy atom. The van der Waals surface area contributed by atoms with Gasteiger partial charge in [-0.15, -0.1) is 0 Å². The lowest BCUT2D eigenvalue weighted by Crippen LogP contribution is -2.39. The van der Waals surface area contributed by atoms with Gasteiger partial charge in [-0.25, -0.2) is 0 Å². The summed E-state index contributed by atoms with van der Waals surface area (Å²) >= 11 is 0. The number of ether oxygens (including phenoxy) is 2. The number of anilines is 2. The number of carbonyl (C=O) groups excluding carboxylic acids is 2. The highest BCUT2D eigenvalue weighted by Gasteiger charge is 2.44. The molecule has 0 amide bonds. The number of rotatable bonds is 4. The Bertz CT molecular complexity index is 1040. The minimum absolute atomic E-state index is 0.0179. The van der Waals surface area contributed by atoms with Gasteiger partial charge in [0.05, 0.1) is 30.6 Å². The molecule has 1 heterocycles. The lowest BCUT2D eigenvalue weighted by Gasteiger charge is -2.33. The first-order valence-corrected chi connectivity index (χ1v) is 10.6. The van der Waals surface area contributed by atoms with Gasteiger partial charge in [0.1, 0.15) is 11.7 Å². The zero-order valence-electron chi connectivity index (χ0n) is 18.3. The molecule has 0 saturated heterocycles. The van der Waals surface area contributed by atoms with Crippen molar-refractivity contribution in [2.24, 2.45) is 11.8 Å². The summed E-state index contributed by atoms with van der Waals surface area (Å²) in [6, 6.07) is 15.1. The van der Waals surface area contributed by atoms with Crippen LogP contribution in [0.1, 0.15) is 38.8 Å². The van der Waals surface area contributed by atoms with Gasteiger partial charge in [0.2, 0.25) is 0 Å². The number of fused-ring (bicyclic) bond motifs is 1. The van der Waals surface area contributed by atoms with Crippen LogP contribution in [-0.4, -0.2) is 25.0 Å². The maximum atomic E-state index is 13.7. The van der Waals surface area contributed by atoms with Crippen molar-refractivity contribution in [2.75, 3.05) is 17.7 Å². The number of benzene rings is 2. The summed E-state index contributed by atoms with van der Waals surface area (Å²) in [6.07, 6.45) is 0.552. The number of nitrogens with one attached hydrogen (secondary N) is 2. The van der Waals surface area contributed by atoms with E-state index in [1.807, 2.05) is 69.3 Å². The van der Waals surface area contributed by atoms with Gasteiger partial charge in [-0.2, -0.15) is 0 Å². The molecule has 0 aromatic heterocycles. The Hall–Kier alpha value is -3.28. The van der Waals surface area contributed by atoms with Crippen molar-refractivity contribution in [3.8, 4) is 5.75 Å². The first-order chi connectivity index (χ1) is 14.9. The molecule has 1 aliphatic carbocycles. The topological polar surface area (TPSA) is 76.7 Å². The van der Waals surface area contributed by atoms with Crippen molar-refractivity contribution >= 4 is 23.1 Å². The fourth-order valence-electron chi connectivity index (χ4n) is 4.45. The number of ketones is 1. The van der Waals surface area contributed by atoms with Gasteiger partial charge in [-0.3, -0.25) is 9.59 Å². The van der Waals surface area contributed by atoms with E-state index in [4.69, 9.17) is 9.47 Å². The molecule has 0 unspecified atom stereocenters. The monoisotopic (exact) mass is 420 g/mol. The number of carbonyl (C=O) groups is 2. The number of esters is 1. The van der Waals surface area contributed by atoms with Gasteiger partial charge in [0.15, 0.2) is 5.78 Å².